The number of aromatic nitrogens is 3. The lowest BCUT2D eigenvalue weighted by molar-refractivity contribution is -0.138. The van der Waals surface area contributed by atoms with Crippen molar-refractivity contribution in [1.82, 2.24) is 34.6 Å². The van der Waals surface area contributed by atoms with E-state index in [9.17, 15) is 27.2 Å². The highest BCUT2D eigenvalue weighted by Gasteiger charge is 2.35. The largest absolute Gasteiger partial charge is 0.455 e. The molecule has 3 aliphatic rings. The number of pyridine rings is 2. The van der Waals surface area contributed by atoms with Crippen LogP contribution in [0, 0.1) is 0 Å². The van der Waals surface area contributed by atoms with Gasteiger partial charge in [-0.2, -0.15) is 13.2 Å². The van der Waals surface area contributed by atoms with E-state index >= 15 is 0 Å². The van der Waals surface area contributed by atoms with Gasteiger partial charge in [0.2, 0.25) is 0 Å². The summed E-state index contributed by atoms with van der Waals surface area (Å²) in [6, 6.07) is 8.56. The number of fused-ring (bicyclic) bond motifs is 2. The molecule has 3 aromatic heterocycles. The van der Waals surface area contributed by atoms with Gasteiger partial charge in [-0.1, -0.05) is 13.0 Å². The molecule has 3 aliphatic heterocycles. The molecule has 50 heavy (non-hydrogen) atoms. The molecular formula is C35H38F4N8O3. The van der Waals surface area contributed by atoms with Crippen LogP contribution in [0.5, 0.6) is 11.5 Å². The zero-order valence-corrected chi connectivity index (χ0v) is 27.8. The molecule has 0 aliphatic carbocycles. The maximum Gasteiger partial charge on any atom is 0.416 e. The third-order valence-corrected chi connectivity index (χ3v) is 9.68. The number of urea groups is 1. The smallest absolute Gasteiger partial charge is 0.416 e. The number of H-pyrrole nitrogens is 1. The van der Waals surface area contributed by atoms with E-state index < -0.39 is 23.9 Å². The molecule has 0 bridgehead atoms. The van der Waals surface area contributed by atoms with E-state index in [0.29, 0.717) is 48.6 Å². The minimum absolute atomic E-state index is 0.0532. The monoisotopic (exact) mass is 694 g/mol. The number of benzene rings is 1. The van der Waals surface area contributed by atoms with Gasteiger partial charge in [-0.25, -0.2) is 14.2 Å². The molecule has 264 valence electrons. The van der Waals surface area contributed by atoms with E-state index in [-0.39, 0.29) is 54.9 Å². The fourth-order valence-electron chi connectivity index (χ4n) is 6.75. The summed E-state index contributed by atoms with van der Waals surface area (Å²) in [4.78, 5) is 45.4. The van der Waals surface area contributed by atoms with E-state index in [4.69, 9.17) is 4.74 Å². The molecule has 6 heterocycles. The molecule has 3 amide bonds. The number of ether oxygens (including phenoxy) is 1. The van der Waals surface area contributed by atoms with Crippen molar-refractivity contribution in [2.75, 3.05) is 58.2 Å². The average Bonchev–Trinajstić information content (AvgIpc) is 3.53. The van der Waals surface area contributed by atoms with Crippen LogP contribution >= 0.6 is 0 Å². The van der Waals surface area contributed by atoms with Gasteiger partial charge in [0.05, 0.1) is 35.9 Å². The second-order valence-corrected chi connectivity index (χ2v) is 13.2. The van der Waals surface area contributed by atoms with E-state index in [0.717, 1.165) is 30.4 Å². The highest BCUT2D eigenvalue weighted by atomic mass is 19.4. The van der Waals surface area contributed by atoms with Crippen molar-refractivity contribution >= 4 is 28.7 Å². The molecule has 2 N–H and O–H groups in total. The summed E-state index contributed by atoms with van der Waals surface area (Å²) >= 11 is 0. The Morgan fingerprint density at radius 1 is 1.02 bits per heavy atom. The Morgan fingerprint density at radius 3 is 2.52 bits per heavy atom. The lowest BCUT2D eigenvalue weighted by atomic mass is 9.92. The number of hydrogen-bond acceptors (Lipinski definition) is 7. The predicted molar refractivity (Wildman–Crippen MR) is 178 cm³/mol. The van der Waals surface area contributed by atoms with Crippen molar-refractivity contribution in [1.29, 1.82) is 0 Å². The molecule has 2 saturated heterocycles. The third-order valence-electron chi connectivity index (χ3n) is 9.68. The molecule has 0 radical (unpaired) electrons. The first-order valence-corrected chi connectivity index (χ1v) is 16.7. The molecule has 0 saturated carbocycles. The van der Waals surface area contributed by atoms with Crippen LogP contribution in [0.25, 0.3) is 11.0 Å². The predicted octanol–water partition coefficient (Wildman–Crippen LogP) is 5.85. The summed E-state index contributed by atoms with van der Waals surface area (Å²) in [5, 5.41) is 3.25. The molecule has 4 aromatic rings. The third kappa shape index (κ3) is 6.97. The minimum Gasteiger partial charge on any atom is -0.455 e. The van der Waals surface area contributed by atoms with E-state index in [2.05, 4.69) is 25.2 Å². The van der Waals surface area contributed by atoms with Crippen LogP contribution in [0.4, 0.5) is 28.0 Å². The number of likely N-dealkylation sites (tertiary alicyclic amines) is 1. The lowest BCUT2D eigenvalue weighted by Crippen LogP contribution is -2.51. The number of likely N-dealkylation sites (N-methyl/N-ethyl adjacent to an activating group) is 1. The Balaban J connectivity index is 1.07. The van der Waals surface area contributed by atoms with Gasteiger partial charge < -0.3 is 29.7 Å². The van der Waals surface area contributed by atoms with Gasteiger partial charge in [-0.05, 0) is 54.9 Å². The number of hydrogen-bond donors (Lipinski definition) is 2. The van der Waals surface area contributed by atoms with Gasteiger partial charge in [-0.15, -0.1) is 0 Å². The Kier molecular flexibility index (Phi) is 9.11. The second-order valence-electron chi connectivity index (χ2n) is 13.2. The van der Waals surface area contributed by atoms with Gasteiger partial charge in [0.15, 0.2) is 0 Å². The molecule has 1 atom stereocenters. The van der Waals surface area contributed by atoms with Gasteiger partial charge in [-0.3, -0.25) is 14.7 Å². The zero-order chi connectivity index (χ0) is 35.2. The van der Waals surface area contributed by atoms with E-state index in [1.807, 2.05) is 18.9 Å². The summed E-state index contributed by atoms with van der Waals surface area (Å²) < 4.78 is 62.1. The first-order chi connectivity index (χ1) is 23.9. The molecule has 15 heteroatoms. The number of nitrogens with zero attached hydrogens (tertiary/aromatic N) is 6. The Bertz CT molecular complexity index is 1900. The number of rotatable bonds is 7. The Hall–Kier alpha value is -4.76. The minimum atomic E-state index is -4.58. The van der Waals surface area contributed by atoms with Crippen LogP contribution in [-0.4, -0.2) is 106 Å². The lowest BCUT2D eigenvalue weighted by Gasteiger charge is -2.34. The first-order valence-electron chi connectivity index (χ1n) is 16.7. The summed E-state index contributed by atoms with van der Waals surface area (Å²) in [6.45, 7) is 5.76. The molecule has 7 rings (SSSR count). The fraction of sp³-hybridized carbons (Fsp3) is 0.429. The van der Waals surface area contributed by atoms with Gasteiger partial charge in [0.1, 0.15) is 29.0 Å². The maximum atomic E-state index is 14.2. The zero-order valence-electron chi connectivity index (χ0n) is 27.8. The van der Waals surface area contributed by atoms with Crippen LogP contribution in [0.15, 0.2) is 48.8 Å². The number of carbonyl (C=O) groups excluding carboxylic acids is 2. The fourth-order valence-corrected chi connectivity index (χ4v) is 6.75. The average molecular weight is 695 g/mol. The molecule has 0 spiro atoms. The quantitative estimate of drug-likeness (QED) is 0.234. The number of carbonyl (C=O) groups is 2. The molecule has 2 fully saturated rings. The Labute approximate surface area is 286 Å². The molecule has 1 aromatic carbocycles. The maximum absolute atomic E-state index is 14.2. The SMILES string of the molecule is CC[C@H]1CN(C(=O)Nc2ccc(CN3CCN(C)CC3)c(C(F)(F)F)c2)Cc2cc(Oc3ccnc4[nH]c(C(=O)N5CC(F)C5)cc34)cnc21. The van der Waals surface area contributed by atoms with E-state index in [1.165, 1.54) is 23.2 Å². The number of piperazine rings is 1. The number of nitrogens with one attached hydrogen (secondary N) is 2. The van der Waals surface area contributed by atoms with Crippen LogP contribution < -0.4 is 10.1 Å². The highest BCUT2D eigenvalue weighted by Crippen LogP contribution is 2.37. The number of aromatic amines is 1. The van der Waals surface area contributed by atoms with Gasteiger partial charge in [0.25, 0.3) is 5.91 Å². The number of halogens is 4. The Morgan fingerprint density at radius 2 is 1.80 bits per heavy atom. The van der Waals surface area contributed by atoms with Crippen molar-refractivity contribution in [2.24, 2.45) is 0 Å². The van der Waals surface area contributed by atoms with Gasteiger partial charge >= 0.3 is 12.2 Å². The number of anilines is 1. The molecule has 0 unspecified atom stereocenters. The number of alkyl halides is 4. The van der Waals surface area contributed by atoms with Gasteiger partial charge in [0, 0.05) is 63.6 Å². The normalized spacial score (nSPS) is 19.0. The highest BCUT2D eigenvalue weighted by molar-refractivity contribution is 5.99. The van der Waals surface area contributed by atoms with Crippen molar-refractivity contribution < 1.29 is 31.9 Å². The van der Waals surface area contributed by atoms with Crippen LogP contribution in [0.2, 0.25) is 0 Å². The summed E-state index contributed by atoms with van der Waals surface area (Å²) in [6.07, 6.45) is -1.76. The molecular weight excluding hydrogens is 656 g/mol. The standard InChI is InChI=1S/C35H38F4N8O3/c1-3-21-17-47(34(49)42-25-5-4-22(28(13-25)35(37,38)39)16-45-10-8-44(2)9-11-45)18-23-12-26(15-41-31(21)23)50-30-6-7-40-32-27(30)14-29(43-32)33(48)46-19-24(36)20-46/h4-7,12-15,21,24H,3,8-11,16-20H2,1-2H3,(H,40,43)(H,42,49)/t21-/m0/s1. The first kappa shape index (κ1) is 33.7. The summed E-state index contributed by atoms with van der Waals surface area (Å²) in [7, 11) is 1.99. The van der Waals surface area contributed by atoms with Crippen molar-refractivity contribution in [3.8, 4) is 11.5 Å². The number of amides is 3. The van der Waals surface area contributed by atoms with Crippen LogP contribution in [-0.2, 0) is 19.3 Å². The van der Waals surface area contributed by atoms with Crippen molar-refractivity contribution in [2.45, 2.75) is 44.7 Å². The van der Waals surface area contributed by atoms with Crippen molar-refractivity contribution in [3.63, 3.8) is 0 Å². The van der Waals surface area contributed by atoms with E-state index in [1.54, 1.807) is 29.3 Å². The van der Waals surface area contributed by atoms with Crippen LogP contribution in [0.1, 0.15) is 52.1 Å². The van der Waals surface area contributed by atoms with Crippen LogP contribution in [0.3, 0.4) is 0 Å². The topological polar surface area (TPSA) is 110 Å². The second kappa shape index (κ2) is 13.5. The summed E-state index contributed by atoms with van der Waals surface area (Å²) in [5.41, 5.74) is 1.78. The molecule has 11 nitrogen and oxygen atoms in total. The summed E-state index contributed by atoms with van der Waals surface area (Å²) in [5.74, 6) is 0.411. The van der Waals surface area contributed by atoms with Crippen molar-refractivity contribution in [3.05, 3.63) is 76.9 Å².